The standard InChI is InChI=1S/C33H39N5O4/c1-23-19-24(2)32(25(3)20-23)42-33(39)38(31-15-16-34-22-35-31)21-29(28-9-7-8-10-30(28)40-6)36-26-11-13-27(14-12-26)41-18-17-37(4)5/h7-16,19-20,22,29,36H,17-18,21H2,1-6H3. The van der Waals surface area contributed by atoms with E-state index in [1.54, 1.807) is 19.4 Å². The number of carbonyl (C=O) groups is 1. The van der Waals surface area contributed by atoms with E-state index in [0.29, 0.717) is 23.9 Å². The summed E-state index contributed by atoms with van der Waals surface area (Å²) in [6.45, 7) is 7.51. The summed E-state index contributed by atoms with van der Waals surface area (Å²) in [5, 5.41) is 3.58. The molecule has 0 saturated heterocycles. The monoisotopic (exact) mass is 569 g/mol. The first-order chi connectivity index (χ1) is 20.2. The lowest BCUT2D eigenvalue weighted by molar-refractivity contribution is 0.206. The first-order valence-corrected chi connectivity index (χ1v) is 13.9. The van der Waals surface area contributed by atoms with Crippen molar-refractivity contribution in [1.29, 1.82) is 0 Å². The first kappa shape index (κ1) is 30.3. The quantitative estimate of drug-likeness (QED) is 0.215. The Bertz CT molecular complexity index is 1440. The van der Waals surface area contributed by atoms with Crippen LogP contribution in [0, 0.1) is 20.8 Å². The van der Waals surface area contributed by atoms with Gasteiger partial charge in [-0.05, 0) is 82.4 Å². The number of hydrogen-bond acceptors (Lipinski definition) is 8. The number of aromatic nitrogens is 2. The van der Waals surface area contributed by atoms with Crippen molar-refractivity contribution >= 4 is 17.6 Å². The van der Waals surface area contributed by atoms with Gasteiger partial charge in [-0.1, -0.05) is 35.9 Å². The number of likely N-dealkylation sites (N-methyl/N-ethyl adjacent to an activating group) is 1. The van der Waals surface area contributed by atoms with Crippen molar-refractivity contribution in [2.75, 3.05) is 51.1 Å². The molecule has 4 aromatic rings. The number of benzene rings is 3. The summed E-state index contributed by atoms with van der Waals surface area (Å²) in [5.41, 5.74) is 4.60. The molecule has 42 heavy (non-hydrogen) atoms. The van der Waals surface area contributed by atoms with E-state index in [2.05, 4.69) is 20.2 Å². The average Bonchev–Trinajstić information content (AvgIpc) is 2.98. The maximum absolute atomic E-state index is 13.8. The highest BCUT2D eigenvalue weighted by atomic mass is 16.6. The van der Waals surface area contributed by atoms with E-state index >= 15 is 0 Å². The van der Waals surface area contributed by atoms with Crippen molar-refractivity contribution < 1.29 is 19.0 Å². The van der Waals surface area contributed by atoms with Crippen LogP contribution in [0.5, 0.6) is 17.2 Å². The lowest BCUT2D eigenvalue weighted by Gasteiger charge is -2.29. The highest BCUT2D eigenvalue weighted by Crippen LogP contribution is 2.31. The maximum Gasteiger partial charge on any atom is 0.421 e. The van der Waals surface area contributed by atoms with E-state index in [4.69, 9.17) is 14.2 Å². The van der Waals surface area contributed by atoms with Crippen molar-refractivity contribution in [2.24, 2.45) is 0 Å². The number of para-hydroxylation sites is 1. The second-order valence-corrected chi connectivity index (χ2v) is 10.4. The molecule has 9 nitrogen and oxygen atoms in total. The Balaban J connectivity index is 1.65. The number of nitrogens with zero attached hydrogens (tertiary/aromatic N) is 4. The van der Waals surface area contributed by atoms with Gasteiger partial charge in [0.2, 0.25) is 0 Å². The fourth-order valence-electron chi connectivity index (χ4n) is 4.73. The van der Waals surface area contributed by atoms with Gasteiger partial charge in [0.1, 0.15) is 36.0 Å². The molecule has 0 spiro atoms. The molecular weight excluding hydrogens is 530 g/mol. The van der Waals surface area contributed by atoms with Crippen molar-refractivity contribution in [3.8, 4) is 17.2 Å². The van der Waals surface area contributed by atoms with Crippen molar-refractivity contribution in [1.82, 2.24) is 14.9 Å². The number of rotatable bonds is 12. The summed E-state index contributed by atoms with van der Waals surface area (Å²) in [6, 6.07) is 20.8. The van der Waals surface area contributed by atoms with Gasteiger partial charge < -0.3 is 24.4 Å². The second kappa shape index (κ2) is 14.3. The molecule has 0 fully saturated rings. The fourth-order valence-corrected chi connectivity index (χ4v) is 4.73. The fraction of sp³-hybridized carbons (Fsp3) is 0.303. The number of ether oxygens (including phenoxy) is 3. The highest BCUT2D eigenvalue weighted by Gasteiger charge is 2.27. The molecule has 1 unspecified atom stereocenters. The van der Waals surface area contributed by atoms with E-state index < -0.39 is 6.09 Å². The number of aryl methyl sites for hydroxylation is 3. The van der Waals surface area contributed by atoms with Gasteiger partial charge in [0.15, 0.2) is 0 Å². The highest BCUT2D eigenvalue weighted by molar-refractivity contribution is 5.88. The summed E-state index contributed by atoms with van der Waals surface area (Å²) < 4.78 is 17.6. The van der Waals surface area contributed by atoms with Crippen LogP contribution < -0.4 is 24.4 Å². The number of nitrogens with one attached hydrogen (secondary N) is 1. The van der Waals surface area contributed by atoms with Crippen molar-refractivity contribution in [2.45, 2.75) is 26.8 Å². The van der Waals surface area contributed by atoms with E-state index in [9.17, 15) is 4.79 Å². The van der Waals surface area contributed by atoms with E-state index in [-0.39, 0.29) is 12.6 Å². The third kappa shape index (κ3) is 7.98. The molecule has 0 aliphatic carbocycles. The first-order valence-electron chi connectivity index (χ1n) is 13.9. The number of methoxy groups -OCH3 is 1. The van der Waals surface area contributed by atoms with Gasteiger partial charge in [0.05, 0.1) is 19.7 Å². The average molecular weight is 570 g/mol. The summed E-state index contributed by atoms with van der Waals surface area (Å²) in [7, 11) is 5.66. The third-order valence-corrected chi connectivity index (χ3v) is 6.74. The molecule has 1 atom stereocenters. The minimum atomic E-state index is -0.546. The number of amides is 1. The lowest BCUT2D eigenvalue weighted by atomic mass is 10.0. The zero-order valence-corrected chi connectivity index (χ0v) is 25.1. The number of carbonyl (C=O) groups excluding carboxylic acids is 1. The van der Waals surface area contributed by atoms with Gasteiger partial charge in [0, 0.05) is 24.0 Å². The van der Waals surface area contributed by atoms with Crippen LogP contribution in [0.1, 0.15) is 28.3 Å². The van der Waals surface area contributed by atoms with Crippen molar-refractivity contribution in [3.05, 3.63) is 102 Å². The van der Waals surface area contributed by atoms with Crippen LogP contribution in [-0.4, -0.2) is 61.9 Å². The molecule has 0 aliphatic heterocycles. The van der Waals surface area contributed by atoms with Gasteiger partial charge >= 0.3 is 6.09 Å². The molecule has 0 radical (unpaired) electrons. The number of anilines is 2. The van der Waals surface area contributed by atoms with Crippen LogP contribution in [0.25, 0.3) is 0 Å². The van der Waals surface area contributed by atoms with Crippen LogP contribution in [0.4, 0.5) is 16.3 Å². The van der Waals surface area contributed by atoms with Crippen LogP contribution in [0.15, 0.2) is 79.3 Å². The van der Waals surface area contributed by atoms with Crippen LogP contribution >= 0.6 is 0 Å². The minimum absolute atomic E-state index is 0.196. The number of hydrogen-bond donors (Lipinski definition) is 1. The Hall–Kier alpha value is -4.63. The molecule has 1 aromatic heterocycles. The topological polar surface area (TPSA) is 89.0 Å². The van der Waals surface area contributed by atoms with Gasteiger partial charge in [-0.2, -0.15) is 0 Å². The second-order valence-electron chi connectivity index (χ2n) is 10.4. The molecule has 1 N–H and O–H groups in total. The van der Waals surface area contributed by atoms with Crippen LogP contribution in [-0.2, 0) is 0 Å². The molecular formula is C33H39N5O4. The molecule has 4 rings (SSSR count). The van der Waals surface area contributed by atoms with Gasteiger partial charge in [-0.3, -0.25) is 4.90 Å². The molecule has 0 aliphatic rings. The summed E-state index contributed by atoms with van der Waals surface area (Å²) in [5.74, 6) is 2.44. The molecule has 220 valence electrons. The summed E-state index contributed by atoms with van der Waals surface area (Å²) >= 11 is 0. The Labute approximate surface area is 248 Å². The van der Waals surface area contributed by atoms with E-state index in [1.165, 1.54) is 11.2 Å². The molecule has 0 saturated carbocycles. The van der Waals surface area contributed by atoms with Crippen molar-refractivity contribution in [3.63, 3.8) is 0 Å². The van der Waals surface area contributed by atoms with Gasteiger partial charge in [-0.25, -0.2) is 14.8 Å². The zero-order valence-electron chi connectivity index (χ0n) is 25.1. The van der Waals surface area contributed by atoms with Crippen LogP contribution in [0.3, 0.4) is 0 Å². The largest absolute Gasteiger partial charge is 0.496 e. The van der Waals surface area contributed by atoms with E-state index in [0.717, 1.165) is 40.2 Å². The van der Waals surface area contributed by atoms with Gasteiger partial charge in [0.25, 0.3) is 0 Å². The molecule has 9 heteroatoms. The predicted molar refractivity (Wildman–Crippen MR) is 166 cm³/mol. The Morgan fingerprint density at radius 3 is 2.33 bits per heavy atom. The molecule has 0 bridgehead atoms. The SMILES string of the molecule is COc1ccccc1C(CN(C(=O)Oc1c(C)cc(C)cc1C)c1ccncn1)Nc1ccc(OCCN(C)C)cc1. The summed E-state index contributed by atoms with van der Waals surface area (Å²) in [6.07, 6.45) is 2.47. The predicted octanol–water partition coefficient (Wildman–Crippen LogP) is 6.21. The third-order valence-electron chi connectivity index (χ3n) is 6.74. The zero-order chi connectivity index (χ0) is 30.1. The summed E-state index contributed by atoms with van der Waals surface area (Å²) in [4.78, 5) is 25.8. The van der Waals surface area contributed by atoms with Crippen LogP contribution in [0.2, 0.25) is 0 Å². The molecule has 1 amide bonds. The maximum atomic E-state index is 13.8. The lowest BCUT2D eigenvalue weighted by Crippen LogP contribution is -2.39. The smallest absolute Gasteiger partial charge is 0.421 e. The Morgan fingerprint density at radius 1 is 0.976 bits per heavy atom. The van der Waals surface area contributed by atoms with E-state index in [1.807, 2.05) is 95.5 Å². The minimum Gasteiger partial charge on any atom is -0.496 e. The Morgan fingerprint density at radius 2 is 1.69 bits per heavy atom. The molecule has 3 aromatic carbocycles. The Kier molecular flexibility index (Phi) is 10.3. The van der Waals surface area contributed by atoms with Gasteiger partial charge in [-0.15, -0.1) is 0 Å². The normalized spacial score (nSPS) is 11.6. The molecule has 1 heterocycles.